The van der Waals surface area contributed by atoms with Crippen molar-refractivity contribution >= 4 is 34.4 Å². The van der Waals surface area contributed by atoms with E-state index in [9.17, 15) is 0 Å². The molecule has 0 aliphatic carbocycles. The van der Waals surface area contributed by atoms with Crippen LogP contribution < -0.4 is 10.6 Å². The lowest BCUT2D eigenvalue weighted by molar-refractivity contribution is 0.204. The molecule has 0 aliphatic heterocycles. The summed E-state index contributed by atoms with van der Waals surface area (Å²) in [6.45, 7) is 3.32. The molecule has 0 atom stereocenters. The van der Waals surface area contributed by atoms with Crippen LogP contribution in [0.3, 0.4) is 0 Å². The highest BCUT2D eigenvalue weighted by Gasteiger charge is 2.04. The van der Waals surface area contributed by atoms with E-state index in [2.05, 4.69) is 21.0 Å². The van der Waals surface area contributed by atoms with Crippen molar-refractivity contribution in [2.24, 2.45) is 0 Å². The van der Waals surface area contributed by atoms with E-state index in [0.29, 0.717) is 18.3 Å². The molecule has 0 bridgehead atoms. The minimum atomic E-state index is 0.591. The second-order valence-electron chi connectivity index (χ2n) is 4.21. The first-order valence-corrected chi connectivity index (χ1v) is 7.54. The molecule has 2 N–H and O–H groups in total. The molecule has 0 saturated carbocycles. The third kappa shape index (κ3) is 4.26. The number of hydrogen-bond acceptors (Lipinski definition) is 4. The molecular formula is C14H17N3OS2. The Kier molecular flexibility index (Phi) is 5.46. The maximum Gasteiger partial charge on any atom is 0.170 e. The number of aryl methyl sites for hydroxylation is 1. The van der Waals surface area contributed by atoms with Gasteiger partial charge < -0.3 is 15.4 Å². The molecule has 1 aromatic carbocycles. The molecule has 0 spiro atoms. The van der Waals surface area contributed by atoms with Crippen molar-refractivity contribution in [2.45, 2.75) is 6.92 Å². The van der Waals surface area contributed by atoms with Crippen LogP contribution in [0.25, 0.3) is 11.3 Å². The van der Waals surface area contributed by atoms with Crippen LogP contribution in [-0.4, -0.2) is 30.4 Å². The first-order valence-electron chi connectivity index (χ1n) is 6.25. The number of nitrogens with zero attached hydrogens (tertiary/aromatic N) is 1. The van der Waals surface area contributed by atoms with E-state index in [0.717, 1.165) is 22.0 Å². The van der Waals surface area contributed by atoms with Gasteiger partial charge in [-0.05, 0) is 31.3 Å². The molecule has 0 fully saturated rings. The summed E-state index contributed by atoms with van der Waals surface area (Å²) < 4.78 is 4.96. The van der Waals surface area contributed by atoms with Crippen LogP contribution in [0, 0.1) is 6.92 Å². The molecule has 4 nitrogen and oxygen atoms in total. The van der Waals surface area contributed by atoms with Gasteiger partial charge in [0.05, 0.1) is 17.3 Å². The van der Waals surface area contributed by atoms with Crippen LogP contribution in [-0.2, 0) is 4.74 Å². The molecule has 2 rings (SSSR count). The van der Waals surface area contributed by atoms with E-state index in [-0.39, 0.29) is 0 Å². The summed E-state index contributed by atoms with van der Waals surface area (Å²) in [6.07, 6.45) is 0. The van der Waals surface area contributed by atoms with Gasteiger partial charge >= 0.3 is 0 Å². The van der Waals surface area contributed by atoms with Gasteiger partial charge in [0.25, 0.3) is 0 Å². The van der Waals surface area contributed by atoms with Crippen LogP contribution in [0.5, 0.6) is 0 Å². The van der Waals surface area contributed by atoms with Gasteiger partial charge in [-0.2, -0.15) is 0 Å². The Balaban J connectivity index is 2.01. The Hall–Kier alpha value is -1.50. The Morgan fingerprint density at radius 3 is 3.00 bits per heavy atom. The number of benzene rings is 1. The molecule has 1 heterocycles. The number of anilines is 1. The van der Waals surface area contributed by atoms with Crippen LogP contribution in [0.4, 0.5) is 5.69 Å². The quantitative estimate of drug-likeness (QED) is 0.657. The summed E-state index contributed by atoms with van der Waals surface area (Å²) >= 11 is 6.87. The number of thiazole rings is 1. The number of hydrogen-bond donors (Lipinski definition) is 2. The third-order valence-corrected chi connectivity index (χ3v) is 3.65. The highest BCUT2D eigenvalue weighted by atomic mass is 32.1. The fourth-order valence-electron chi connectivity index (χ4n) is 1.69. The van der Waals surface area contributed by atoms with Gasteiger partial charge in [-0.15, -0.1) is 11.3 Å². The zero-order chi connectivity index (χ0) is 14.4. The van der Waals surface area contributed by atoms with E-state index in [1.54, 1.807) is 18.4 Å². The molecule has 0 amide bonds. The lowest BCUT2D eigenvalue weighted by Gasteiger charge is -2.10. The molecule has 0 radical (unpaired) electrons. The molecule has 1 aromatic heterocycles. The van der Waals surface area contributed by atoms with Crippen molar-refractivity contribution in [3.8, 4) is 11.3 Å². The Bertz CT molecular complexity index is 583. The van der Waals surface area contributed by atoms with Crippen molar-refractivity contribution in [1.29, 1.82) is 0 Å². The Labute approximate surface area is 128 Å². The SMILES string of the molecule is COCCNC(=S)Nc1cccc(-c2csc(C)n2)c1. The minimum Gasteiger partial charge on any atom is -0.383 e. The van der Waals surface area contributed by atoms with Crippen LogP contribution in [0.2, 0.25) is 0 Å². The van der Waals surface area contributed by atoms with E-state index >= 15 is 0 Å². The monoisotopic (exact) mass is 307 g/mol. The van der Waals surface area contributed by atoms with Gasteiger partial charge in [-0.1, -0.05) is 12.1 Å². The summed E-state index contributed by atoms with van der Waals surface area (Å²) in [4.78, 5) is 4.49. The van der Waals surface area contributed by atoms with Crippen molar-refractivity contribution in [3.05, 3.63) is 34.7 Å². The molecular weight excluding hydrogens is 290 g/mol. The van der Waals surface area contributed by atoms with Gasteiger partial charge in [0.2, 0.25) is 0 Å². The van der Waals surface area contributed by atoms with Gasteiger partial charge in [-0.3, -0.25) is 0 Å². The molecule has 0 unspecified atom stereocenters. The molecule has 0 saturated heterocycles. The van der Waals surface area contributed by atoms with Crippen molar-refractivity contribution in [3.63, 3.8) is 0 Å². The van der Waals surface area contributed by atoms with Crippen molar-refractivity contribution < 1.29 is 4.74 Å². The van der Waals surface area contributed by atoms with Gasteiger partial charge in [0.1, 0.15) is 0 Å². The smallest absolute Gasteiger partial charge is 0.170 e. The average Bonchev–Trinajstić information content (AvgIpc) is 2.86. The first-order chi connectivity index (χ1) is 9.69. The van der Waals surface area contributed by atoms with Gasteiger partial charge in [0, 0.05) is 30.3 Å². The maximum absolute atomic E-state index is 5.22. The van der Waals surface area contributed by atoms with Gasteiger partial charge in [-0.25, -0.2) is 4.98 Å². The number of aromatic nitrogens is 1. The fourth-order valence-corrected chi connectivity index (χ4v) is 2.54. The van der Waals surface area contributed by atoms with Crippen LogP contribution >= 0.6 is 23.6 Å². The first kappa shape index (κ1) is 14.9. The minimum absolute atomic E-state index is 0.591. The highest BCUT2D eigenvalue weighted by Crippen LogP contribution is 2.24. The van der Waals surface area contributed by atoms with Crippen molar-refractivity contribution in [2.75, 3.05) is 25.6 Å². The predicted octanol–water partition coefficient (Wildman–Crippen LogP) is 3.05. The van der Waals surface area contributed by atoms with Crippen molar-refractivity contribution in [1.82, 2.24) is 10.3 Å². The summed E-state index contributed by atoms with van der Waals surface area (Å²) in [5, 5.41) is 9.95. The standard InChI is InChI=1S/C14H17N3OS2/c1-10-16-13(9-20-10)11-4-3-5-12(8-11)17-14(19)15-6-7-18-2/h3-5,8-9H,6-7H2,1-2H3,(H2,15,17,19). The Morgan fingerprint density at radius 1 is 1.45 bits per heavy atom. The second kappa shape index (κ2) is 7.33. The van der Waals surface area contributed by atoms with E-state index in [1.165, 1.54) is 0 Å². The second-order valence-corrected chi connectivity index (χ2v) is 5.68. The molecule has 106 valence electrons. The lowest BCUT2D eigenvalue weighted by atomic mass is 10.1. The lowest BCUT2D eigenvalue weighted by Crippen LogP contribution is -2.31. The van der Waals surface area contributed by atoms with Gasteiger partial charge in [0.15, 0.2) is 5.11 Å². The molecule has 0 aliphatic rings. The highest BCUT2D eigenvalue weighted by molar-refractivity contribution is 7.80. The maximum atomic E-state index is 5.22. The third-order valence-electron chi connectivity index (χ3n) is 2.63. The summed E-state index contributed by atoms with van der Waals surface area (Å²) in [5.41, 5.74) is 3.02. The number of nitrogens with one attached hydrogen (secondary N) is 2. The molecule has 2 aromatic rings. The molecule has 6 heteroatoms. The van der Waals surface area contributed by atoms with E-state index in [1.807, 2.05) is 31.2 Å². The zero-order valence-corrected chi connectivity index (χ0v) is 13.1. The topological polar surface area (TPSA) is 46.2 Å². The average molecular weight is 307 g/mol. The molecule has 20 heavy (non-hydrogen) atoms. The number of methoxy groups -OCH3 is 1. The summed E-state index contributed by atoms with van der Waals surface area (Å²) in [7, 11) is 1.66. The Morgan fingerprint density at radius 2 is 2.30 bits per heavy atom. The zero-order valence-electron chi connectivity index (χ0n) is 11.5. The normalized spacial score (nSPS) is 10.3. The summed E-state index contributed by atoms with van der Waals surface area (Å²) in [6, 6.07) is 8.05. The number of ether oxygens (including phenoxy) is 1. The van der Waals surface area contributed by atoms with Crippen LogP contribution in [0.1, 0.15) is 5.01 Å². The van der Waals surface area contributed by atoms with E-state index < -0.39 is 0 Å². The number of thiocarbonyl (C=S) groups is 1. The largest absolute Gasteiger partial charge is 0.383 e. The summed E-state index contributed by atoms with van der Waals surface area (Å²) in [5.74, 6) is 0. The fraction of sp³-hybridized carbons (Fsp3) is 0.286. The predicted molar refractivity (Wildman–Crippen MR) is 88.4 cm³/mol. The van der Waals surface area contributed by atoms with E-state index in [4.69, 9.17) is 17.0 Å². The van der Waals surface area contributed by atoms with Crippen LogP contribution in [0.15, 0.2) is 29.6 Å². The number of rotatable bonds is 5.